The van der Waals surface area contributed by atoms with E-state index in [2.05, 4.69) is 10.7 Å². The molecule has 1 aliphatic rings. The van der Waals surface area contributed by atoms with Crippen LogP contribution in [0.3, 0.4) is 0 Å². The summed E-state index contributed by atoms with van der Waals surface area (Å²) in [5.41, 5.74) is 3.05. The number of nitrogens with zero attached hydrogens (tertiary/aromatic N) is 2. The van der Waals surface area contributed by atoms with Gasteiger partial charge in [0.25, 0.3) is 0 Å². The summed E-state index contributed by atoms with van der Waals surface area (Å²) in [7, 11) is 1.62. The van der Waals surface area contributed by atoms with E-state index in [-0.39, 0.29) is 53.9 Å². The zero-order chi connectivity index (χ0) is 19.3. The van der Waals surface area contributed by atoms with Crippen LogP contribution in [0.5, 0.6) is 0 Å². The predicted molar refractivity (Wildman–Crippen MR) is 97.2 cm³/mol. The Morgan fingerprint density at radius 1 is 1.35 bits per heavy atom. The molecule has 0 spiro atoms. The van der Waals surface area contributed by atoms with Crippen LogP contribution in [0.1, 0.15) is 25.3 Å². The minimum absolute atomic E-state index is 0.000169. The van der Waals surface area contributed by atoms with Gasteiger partial charge in [0.1, 0.15) is 18.2 Å². The Morgan fingerprint density at radius 3 is 2.62 bits per heavy atom. The lowest BCUT2D eigenvalue weighted by atomic mass is 10.2. The smallest absolute Gasteiger partial charge is 0.244 e. The van der Waals surface area contributed by atoms with Gasteiger partial charge in [-0.2, -0.15) is 0 Å². The normalized spacial score (nSPS) is 13.2. The maximum absolute atomic E-state index is 13.9. The number of benzene rings is 1. The lowest BCUT2D eigenvalue weighted by Crippen LogP contribution is -2.49. The Hall–Kier alpha value is -2.19. The van der Waals surface area contributed by atoms with Crippen molar-refractivity contribution in [1.29, 1.82) is 5.41 Å². The van der Waals surface area contributed by atoms with Crippen LogP contribution in [0.25, 0.3) is 0 Å². The van der Waals surface area contributed by atoms with Crippen molar-refractivity contribution in [2.45, 2.75) is 32.4 Å². The van der Waals surface area contributed by atoms with Gasteiger partial charge in [-0.15, -0.1) is 0 Å². The second kappa shape index (κ2) is 8.95. The summed E-state index contributed by atoms with van der Waals surface area (Å²) in [6, 6.07) is 4.64. The molecule has 142 valence electrons. The molecule has 3 N–H and O–H groups in total. The van der Waals surface area contributed by atoms with E-state index in [0.717, 1.165) is 12.8 Å². The van der Waals surface area contributed by atoms with Crippen molar-refractivity contribution in [2.24, 2.45) is 0 Å². The van der Waals surface area contributed by atoms with Crippen LogP contribution in [0.2, 0.25) is 5.02 Å². The van der Waals surface area contributed by atoms with E-state index >= 15 is 0 Å². The Labute approximate surface area is 157 Å². The molecule has 26 heavy (non-hydrogen) atoms. The van der Waals surface area contributed by atoms with Gasteiger partial charge in [0.2, 0.25) is 11.8 Å². The van der Waals surface area contributed by atoms with Gasteiger partial charge in [-0.1, -0.05) is 23.7 Å². The van der Waals surface area contributed by atoms with E-state index in [9.17, 15) is 14.0 Å². The molecule has 0 heterocycles. The number of nitrogens with one attached hydrogen (secondary N) is 3. The molecule has 2 amide bonds. The Kier molecular flexibility index (Phi) is 6.93. The molecule has 1 fully saturated rings. The Morgan fingerprint density at radius 2 is 2.04 bits per heavy atom. The number of halogens is 2. The van der Waals surface area contributed by atoms with Gasteiger partial charge in [-0.3, -0.25) is 20.0 Å². The number of rotatable bonds is 8. The van der Waals surface area contributed by atoms with Crippen molar-refractivity contribution >= 4 is 29.3 Å². The lowest BCUT2D eigenvalue weighted by Gasteiger charge is -2.27. The molecule has 1 aromatic rings. The molecule has 0 saturated heterocycles. The average Bonchev–Trinajstić information content (AvgIpc) is 3.43. The third kappa shape index (κ3) is 5.40. The van der Waals surface area contributed by atoms with Crippen molar-refractivity contribution in [2.75, 3.05) is 20.1 Å². The number of amidine groups is 1. The van der Waals surface area contributed by atoms with E-state index in [1.54, 1.807) is 26.1 Å². The summed E-state index contributed by atoms with van der Waals surface area (Å²) < 4.78 is 13.9. The highest BCUT2D eigenvalue weighted by Crippen LogP contribution is 2.26. The van der Waals surface area contributed by atoms with Crippen LogP contribution in [0.4, 0.5) is 4.39 Å². The van der Waals surface area contributed by atoms with Gasteiger partial charge in [0.15, 0.2) is 0 Å². The fourth-order valence-corrected chi connectivity index (χ4v) is 2.68. The van der Waals surface area contributed by atoms with Gasteiger partial charge in [0.05, 0.1) is 11.6 Å². The zero-order valence-corrected chi connectivity index (χ0v) is 15.6. The number of carbonyl (C=O) groups is 2. The lowest BCUT2D eigenvalue weighted by molar-refractivity contribution is -0.137. The number of hydrogen-bond acceptors (Lipinski definition) is 4. The van der Waals surface area contributed by atoms with Gasteiger partial charge >= 0.3 is 0 Å². The summed E-state index contributed by atoms with van der Waals surface area (Å²) in [5, 5.41) is 11.6. The van der Waals surface area contributed by atoms with Crippen LogP contribution in [0, 0.1) is 11.2 Å². The molecule has 0 aliphatic heterocycles. The van der Waals surface area contributed by atoms with Crippen molar-refractivity contribution in [3.63, 3.8) is 0 Å². The summed E-state index contributed by atoms with van der Waals surface area (Å²) in [6.07, 6.45) is 1.70. The molecule has 9 heteroatoms. The molecule has 0 bridgehead atoms. The summed E-state index contributed by atoms with van der Waals surface area (Å²) >= 11 is 5.72. The minimum atomic E-state index is -0.560. The summed E-state index contributed by atoms with van der Waals surface area (Å²) in [4.78, 5) is 26.2. The molecular weight excluding hydrogens is 361 g/mol. The van der Waals surface area contributed by atoms with Crippen LogP contribution >= 0.6 is 11.6 Å². The van der Waals surface area contributed by atoms with Crippen molar-refractivity contribution in [1.82, 2.24) is 20.7 Å². The quantitative estimate of drug-likeness (QED) is 0.361. The van der Waals surface area contributed by atoms with Gasteiger partial charge < -0.3 is 10.2 Å². The molecule has 0 radical (unpaired) electrons. The van der Waals surface area contributed by atoms with Gasteiger partial charge in [-0.05, 0) is 25.8 Å². The molecule has 2 rings (SSSR count). The molecule has 1 saturated carbocycles. The maximum Gasteiger partial charge on any atom is 0.244 e. The zero-order valence-electron chi connectivity index (χ0n) is 14.8. The first-order valence-electron chi connectivity index (χ1n) is 8.32. The first-order chi connectivity index (χ1) is 12.3. The van der Waals surface area contributed by atoms with Crippen molar-refractivity contribution < 1.29 is 14.0 Å². The molecule has 1 aliphatic carbocycles. The average molecular weight is 384 g/mol. The minimum Gasteiger partial charge on any atom is -0.350 e. The number of hydrazine groups is 1. The SMILES string of the molecule is CNN(CC(=O)N(CC(=O)NCc1cccc(Cl)c1F)C1CC1)C(C)=N. The van der Waals surface area contributed by atoms with E-state index in [1.165, 1.54) is 16.0 Å². The third-order valence-corrected chi connectivity index (χ3v) is 4.39. The van der Waals surface area contributed by atoms with E-state index in [0.29, 0.717) is 0 Å². The van der Waals surface area contributed by atoms with Crippen LogP contribution in [-0.4, -0.2) is 53.7 Å². The van der Waals surface area contributed by atoms with Crippen molar-refractivity contribution in [3.05, 3.63) is 34.6 Å². The highest BCUT2D eigenvalue weighted by Gasteiger charge is 2.34. The maximum atomic E-state index is 13.9. The van der Waals surface area contributed by atoms with Crippen LogP contribution < -0.4 is 10.7 Å². The second-order valence-corrected chi connectivity index (χ2v) is 6.54. The second-order valence-electron chi connectivity index (χ2n) is 6.14. The number of hydrogen-bond donors (Lipinski definition) is 3. The fraction of sp³-hybridized carbons (Fsp3) is 0.471. The van der Waals surface area contributed by atoms with Crippen LogP contribution in [-0.2, 0) is 16.1 Å². The number of amides is 2. The fourth-order valence-electron chi connectivity index (χ4n) is 2.49. The topological polar surface area (TPSA) is 88.5 Å². The first-order valence-corrected chi connectivity index (χ1v) is 8.70. The third-order valence-electron chi connectivity index (χ3n) is 4.10. The molecule has 0 aromatic heterocycles. The van der Waals surface area contributed by atoms with E-state index in [4.69, 9.17) is 17.0 Å². The predicted octanol–water partition coefficient (Wildman–Crippen LogP) is 1.52. The molecule has 0 atom stereocenters. The highest BCUT2D eigenvalue weighted by molar-refractivity contribution is 6.30. The molecule has 0 unspecified atom stereocenters. The first kappa shape index (κ1) is 20.1. The molecule has 7 nitrogen and oxygen atoms in total. The van der Waals surface area contributed by atoms with Crippen LogP contribution in [0.15, 0.2) is 18.2 Å². The molecule has 1 aromatic carbocycles. The van der Waals surface area contributed by atoms with Gasteiger partial charge in [-0.25, -0.2) is 9.82 Å². The Balaban J connectivity index is 1.92. The van der Waals surface area contributed by atoms with E-state index in [1.807, 2.05) is 0 Å². The molecular formula is C17H23ClFN5O2. The van der Waals surface area contributed by atoms with Crippen molar-refractivity contribution in [3.8, 4) is 0 Å². The van der Waals surface area contributed by atoms with E-state index < -0.39 is 5.82 Å². The standard InChI is InChI=1S/C17H23ClFN5O2/c1-11(20)24(21-2)10-16(26)23(13-6-7-13)9-15(25)22-8-12-4-3-5-14(18)17(12)19/h3-5,13,20-21H,6-10H2,1-2H3,(H,22,25). The Bertz CT molecular complexity index is 696. The summed E-state index contributed by atoms with van der Waals surface area (Å²) in [6.45, 7) is 1.44. The van der Waals surface area contributed by atoms with Gasteiger partial charge in [0, 0.05) is 25.2 Å². The summed E-state index contributed by atoms with van der Waals surface area (Å²) in [5.74, 6) is -0.960. The number of carbonyl (C=O) groups excluding carboxylic acids is 2. The largest absolute Gasteiger partial charge is 0.350 e. The highest BCUT2D eigenvalue weighted by atomic mass is 35.5. The monoisotopic (exact) mass is 383 g/mol.